The van der Waals surface area contributed by atoms with Gasteiger partial charge in [-0.15, -0.1) is 11.3 Å². The molecule has 0 saturated carbocycles. The number of nitrogens with one attached hydrogen (secondary N) is 1. The summed E-state index contributed by atoms with van der Waals surface area (Å²) in [6.45, 7) is 2.24. The van der Waals surface area contributed by atoms with Crippen LogP contribution >= 0.6 is 11.3 Å². The third-order valence-corrected chi connectivity index (χ3v) is 5.36. The van der Waals surface area contributed by atoms with Gasteiger partial charge in [-0.2, -0.15) is 0 Å². The van der Waals surface area contributed by atoms with Crippen LogP contribution in [0.5, 0.6) is 0 Å². The molecule has 2 nitrogen and oxygen atoms in total. The fourth-order valence-electron chi connectivity index (χ4n) is 3.36. The first kappa shape index (κ1) is 15.6. The molecule has 118 valence electrons. The van der Waals surface area contributed by atoms with E-state index < -0.39 is 0 Å². The van der Waals surface area contributed by atoms with E-state index in [1.807, 2.05) is 11.3 Å². The summed E-state index contributed by atoms with van der Waals surface area (Å²) < 4.78 is 0. The van der Waals surface area contributed by atoms with Crippen LogP contribution in [0.25, 0.3) is 0 Å². The SMILES string of the molecule is CCCC(Cc1cccs1)Nc1ccc2c(c1)CCCC2O. The lowest BCUT2D eigenvalue weighted by Crippen LogP contribution is -2.22. The van der Waals surface area contributed by atoms with E-state index in [9.17, 15) is 5.11 Å². The molecule has 2 atom stereocenters. The highest BCUT2D eigenvalue weighted by Crippen LogP contribution is 2.31. The Morgan fingerprint density at radius 3 is 3.05 bits per heavy atom. The molecule has 0 bridgehead atoms. The van der Waals surface area contributed by atoms with Gasteiger partial charge in [-0.3, -0.25) is 0 Å². The molecule has 3 rings (SSSR count). The van der Waals surface area contributed by atoms with Crippen LogP contribution < -0.4 is 5.32 Å². The Hall–Kier alpha value is -1.32. The third kappa shape index (κ3) is 3.71. The first-order chi connectivity index (χ1) is 10.8. The van der Waals surface area contributed by atoms with Crippen molar-refractivity contribution in [1.29, 1.82) is 0 Å². The standard InChI is InChI=1S/C19H25NOS/c1-2-5-15(13-17-7-4-11-22-17)20-16-9-10-18-14(12-16)6-3-8-19(18)21/h4,7,9-12,15,19-21H,2-3,5-6,8,13H2,1H3. The smallest absolute Gasteiger partial charge is 0.0792 e. The van der Waals surface area contributed by atoms with Crippen LogP contribution in [0, 0.1) is 0 Å². The second kappa shape index (κ2) is 7.30. The molecule has 2 unspecified atom stereocenters. The molecule has 0 fully saturated rings. The van der Waals surface area contributed by atoms with Gasteiger partial charge < -0.3 is 10.4 Å². The highest BCUT2D eigenvalue weighted by atomic mass is 32.1. The molecule has 0 aliphatic heterocycles. The Labute approximate surface area is 137 Å². The number of rotatable bonds is 6. The first-order valence-electron chi connectivity index (χ1n) is 8.36. The van der Waals surface area contributed by atoms with Crippen molar-refractivity contribution in [2.75, 3.05) is 5.32 Å². The van der Waals surface area contributed by atoms with Gasteiger partial charge in [0.1, 0.15) is 0 Å². The average Bonchev–Trinajstić information content (AvgIpc) is 3.00. The average molecular weight is 315 g/mol. The molecule has 1 aromatic heterocycles. The summed E-state index contributed by atoms with van der Waals surface area (Å²) in [5.41, 5.74) is 3.64. The van der Waals surface area contributed by atoms with Gasteiger partial charge in [-0.05, 0) is 60.4 Å². The molecule has 0 radical (unpaired) electrons. The lowest BCUT2D eigenvalue weighted by molar-refractivity contribution is 0.156. The molecule has 0 spiro atoms. The van der Waals surface area contributed by atoms with Crippen LogP contribution in [-0.2, 0) is 12.8 Å². The molecular formula is C19H25NOS. The highest BCUT2D eigenvalue weighted by molar-refractivity contribution is 7.09. The normalized spacial score (nSPS) is 18.7. The van der Waals surface area contributed by atoms with E-state index in [0.29, 0.717) is 6.04 Å². The van der Waals surface area contributed by atoms with E-state index in [0.717, 1.165) is 31.2 Å². The molecule has 1 heterocycles. The predicted molar refractivity (Wildman–Crippen MR) is 94.7 cm³/mol. The lowest BCUT2D eigenvalue weighted by atomic mass is 9.89. The van der Waals surface area contributed by atoms with E-state index in [1.54, 1.807) is 0 Å². The summed E-state index contributed by atoms with van der Waals surface area (Å²) in [6.07, 6.45) is 6.26. The van der Waals surface area contributed by atoms with E-state index in [1.165, 1.54) is 29.0 Å². The number of fused-ring (bicyclic) bond motifs is 1. The van der Waals surface area contributed by atoms with Gasteiger partial charge in [0.15, 0.2) is 0 Å². The fraction of sp³-hybridized carbons (Fsp3) is 0.474. The number of benzene rings is 1. The largest absolute Gasteiger partial charge is 0.388 e. The molecule has 1 aliphatic carbocycles. The fourth-order valence-corrected chi connectivity index (χ4v) is 4.15. The number of anilines is 1. The van der Waals surface area contributed by atoms with E-state index in [4.69, 9.17) is 0 Å². The van der Waals surface area contributed by atoms with Crippen LogP contribution in [0.15, 0.2) is 35.7 Å². The van der Waals surface area contributed by atoms with Gasteiger partial charge >= 0.3 is 0 Å². The van der Waals surface area contributed by atoms with Gasteiger partial charge in [0.2, 0.25) is 0 Å². The van der Waals surface area contributed by atoms with Gasteiger partial charge in [0.25, 0.3) is 0 Å². The van der Waals surface area contributed by atoms with Crippen molar-refractivity contribution in [1.82, 2.24) is 0 Å². The van der Waals surface area contributed by atoms with Crippen LogP contribution in [0.3, 0.4) is 0 Å². The van der Waals surface area contributed by atoms with Gasteiger partial charge in [-0.1, -0.05) is 25.5 Å². The predicted octanol–water partition coefficient (Wildman–Crippen LogP) is 4.94. The van der Waals surface area contributed by atoms with E-state index in [-0.39, 0.29) is 6.10 Å². The van der Waals surface area contributed by atoms with Crippen LogP contribution in [0.2, 0.25) is 0 Å². The summed E-state index contributed by atoms with van der Waals surface area (Å²) in [5, 5.41) is 15.9. The molecule has 0 saturated heterocycles. The monoisotopic (exact) mass is 315 g/mol. The zero-order valence-corrected chi connectivity index (χ0v) is 14.0. The second-order valence-corrected chi connectivity index (χ2v) is 7.27. The minimum absolute atomic E-state index is 0.268. The summed E-state index contributed by atoms with van der Waals surface area (Å²) in [6, 6.07) is 11.3. The second-order valence-electron chi connectivity index (χ2n) is 6.24. The number of thiophene rings is 1. The quantitative estimate of drug-likeness (QED) is 0.791. The Balaban J connectivity index is 1.72. The van der Waals surface area contributed by atoms with Crippen molar-refractivity contribution in [2.24, 2.45) is 0 Å². The van der Waals surface area contributed by atoms with Crippen LogP contribution in [0.4, 0.5) is 5.69 Å². The van der Waals surface area contributed by atoms with Crippen molar-refractivity contribution in [2.45, 2.75) is 57.6 Å². The van der Waals surface area contributed by atoms with Crippen molar-refractivity contribution in [3.63, 3.8) is 0 Å². The zero-order valence-electron chi connectivity index (χ0n) is 13.2. The third-order valence-electron chi connectivity index (χ3n) is 4.46. The molecule has 2 N–H and O–H groups in total. The zero-order chi connectivity index (χ0) is 15.4. The first-order valence-corrected chi connectivity index (χ1v) is 9.24. The maximum atomic E-state index is 10.1. The highest BCUT2D eigenvalue weighted by Gasteiger charge is 2.18. The van der Waals surface area contributed by atoms with Crippen molar-refractivity contribution in [3.05, 3.63) is 51.7 Å². The Bertz CT molecular complexity index is 593. The molecular weight excluding hydrogens is 290 g/mol. The van der Waals surface area contributed by atoms with Gasteiger partial charge in [-0.25, -0.2) is 0 Å². The Morgan fingerprint density at radius 2 is 2.27 bits per heavy atom. The maximum Gasteiger partial charge on any atom is 0.0792 e. The van der Waals surface area contributed by atoms with Gasteiger partial charge in [0.05, 0.1) is 6.10 Å². The number of aliphatic hydroxyl groups excluding tert-OH is 1. The van der Waals surface area contributed by atoms with Crippen molar-refractivity contribution in [3.8, 4) is 0 Å². The summed E-state index contributed by atoms with van der Waals surface area (Å²) in [4.78, 5) is 1.44. The van der Waals surface area contributed by atoms with E-state index >= 15 is 0 Å². The summed E-state index contributed by atoms with van der Waals surface area (Å²) in [7, 11) is 0. The molecule has 0 amide bonds. The van der Waals surface area contributed by atoms with Crippen LogP contribution in [0.1, 0.15) is 54.7 Å². The van der Waals surface area contributed by atoms with Gasteiger partial charge in [0, 0.05) is 23.0 Å². The lowest BCUT2D eigenvalue weighted by Gasteiger charge is -2.24. The topological polar surface area (TPSA) is 32.3 Å². The summed E-state index contributed by atoms with van der Waals surface area (Å²) >= 11 is 1.84. The molecule has 22 heavy (non-hydrogen) atoms. The molecule has 1 aliphatic rings. The van der Waals surface area contributed by atoms with Crippen molar-refractivity contribution >= 4 is 17.0 Å². The van der Waals surface area contributed by atoms with E-state index in [2.05, 4.69) is 48.0 Å². The summed E-state index contributed by atoms with van der Waals surface area (Å²) in [5.74, 6) is 0. The maximum absolute atomic E-state index is 10.1. The molecule has 1 aromatic carbocycles. The minimum atomic E-state index is -0.268. The minimum Gasteiger partial charge on any atom is -0.388 e. The number of hydrogen-bond acceptors (Lipinski definition) is 3. The molecule has 2 aromatic rings. The number of aliphatic hydroxyl groups is 1. The molecule has 3 heteroatoms. The Morgan fingerprint density at radius 1 is 1.36 bits per heavy atom. The van der Waals surface area contributed by atoms with Crippen LogP contribution in [-0.4, -0.2) is 11.1 Å². The Kier molecular flexibility index (Phi) is 5.16. The van der Waals surface area contributed by atoms with Crippen molar-refractivity contribution < 1.29 is 5.11 Å². The number of hydrogen-bond donors (Lipinski definition) is 2. The number of aryl methyl sites for hydroxylation is 1.